The number of primary amides is 2. The van der Waals surface area contributed by atoms with Gasteiger partial charge in [-0.3, -0.25) is 9.59 Å². The van der Waals surface area contributed by atoms with Gasteiger partial charge in [0.05, 0.1) is 38.8 Å². The zero-order chi connectivity index (χ0) is 39.4. The molecule has 5 N–H and O–H groups in total. The first kappa shape index (κ1) is 42.6. The summed E-state index contributed by atoms with van der Waals surface area (Å²) >= 11 is 22.4. The number of alkyl halides is 2. The highest BCUT2D eigenvalue weighted by Gasteiger charge is 2.34. The molecular weight excluding hydrogens is 770 g/mol. The van der Waals surface area contributed by atoms with Gasteiger partial charge in [-0.2, -0.15) is 0 Å². The first-order valence-electron chi connectivity index (χ1n) is 17.4. The molecule has 6 rings (SSSR count). The molecule has 288 valence electrons. The van der Waals surface area contributed by atoms with E-state index >= 15 is 0 Å². The Balaban J connectivity index is 0.000000231. The van der Waals surface area contributed by atoms with E-state index in [-0.39, 0.29) is 23.5 Å². The summed E-state index contributed by atoms with van der Waals surface area (Å²) in [5, 5.41) is 4.62. The molecule has 2 fully saturated rings. The average molecular weight is 817 g/mol. The minimum Gasteiger partial charge on any atom is -0.444 e. The second-order valence-electron chi connectivity index (χ2n) is 13.5. The number of amides is 3. The Morgan fingerprint density at radius 3 is 1.63 bits per heavy atom. The molecule has 0 saturated carbocycles. The summed E-state index contributed by atoms with van der Waals surface area (Å²) in [6, 6.07) is 30.7. The van der Waals surface area contributed by atoms with Gasteiger partial charge in [-0.15, -0.1) is 23.2 Å². The Labute approximate surface area is 337 Å². The number of benzene rings is 4. The fourth-order valence-electron chi connectivity index (χ4n) is 6.28. The third-order valence-electron chi connectivity index (χ3n) is 8.73. The molecule has 0 spiro atoms. The first-order chi connectivity index (χ1) is 25.7. The van der Waals surface area contributed by atoms with E-state index in [9.17, 15) is 14.4 Å². The Morgan fingerprint density at radius 1 is 0.722 bits per heavy atom. The van der Waals surface area contributed by atoms with Crippen LogP contribution in [0.1, 0.15) is 64.7 Å². The van der Waals surface area contributed by atoms with Gasteiger partial charge in [0, 0.05) is 50.4 Å². The van der Waals surface area contributed by atoms with E-state index in [2.05, 4.69) is 27.2 Å². The number of ether oxygens (including phenoxy) is 1. The number of halogens is 4. The molecule has 2 saturated heterocycles. The van der Waals surface area contributed by atoms with E-state index in [1.807, 2.05) is 81.4 Å². The van der Waals surface area contributed by atoms with Crippen LogP contribution in [-0.2, 0) is 4.74 Å². The standard InChI is InChI=1S/C22H26ClN3O3.C17H18ClN3O.CH2Cl2/c1-22(2,3)29-21(28)25-11-12-26(19(14-25)15-7-5-4-6-8-15)18-10-9-16(20(24)27)13-17(18)23;18-14-10-13(17(19)22)6-7-15(14)21-9-8-20-11-16(21)12-4-2-1-3-5-12;2-1-3/h4-10,13,19H,11-12,14H2,1-3H3,(H2,24,27);1-7,10,16,20H,8-9,11H2,(H2,19,22);1H2/t19-;16-;/m00./s1. The van der Waals surface area contributed by atoms with Crippen molar-refractivity contribution in [1.82, 2.24) is 10.2 Å². The van der Waals surface area contributed by atoms with Crippen molar-refractivity contribution in [2.24, 2.45) is 11.5 Å². The smallest absolute Gasteiger partial charge is 0.410 e. The van der Waals surface area contributed by atoms with Crippen molar-refractivity contribution in [3.05, 3.63) is 129 Å². The summed E-state index contributed by atoms with van der Waals surface area (Å²) in [7, 11) is 0. The number of hydrogen-bond donors (Lipinski definition) is 3. The van der Waals surface area contributed by atoms with Gasteiger partial charge in [-0.05, 0) is 68.3 Å². The summed E-state index contributed by atoms with van der Waals surface area (Å²) in [5.41, 5.74) is 15.0. The second kappa shape index (κ2) is 19.9. The summed E-state index contributed by atoms with van der Waals surface area (Å²) in [6.07, 6.45) is -0.326. The predicted molar refractivity (Wildman–Crippen MR) is 220 cm³/mol. The lowest BCUT2D eigenvalue weighted by molar-refractivity contribution is 0.0214. The van der Waals surface area contributed by atoms with Crippen LogP contribution in [0.15, 0.2) is 97.1 Å². The Kier molecular flexibility index (Phi) is 15.7. The first-order valence-corrected chi connectivity index (χ1v) is 19.2. The highest BCUT2D eigenvalue weighted by molar-refractivity contribution is 6.40. The number of nitrogens with zero attached hydrogens (tertiary/aromatic N) is 3. The van der Waals surface area contributed by atoms with Crippen LogP contribution in [0, 0.1) is 0 Å². The number of nitrogens with one attached hydrogen (secondary N) is 1. The lowest BCUT2D eigenvalue weighted by atomic mass is 10.0. The Morgan fingerprint density at radius 2 is 1.19 bits per heavy atom. The molecule has 3 amide bonds. The maximum Gasteiger partial charge on any atom is 0.410 e. The van der Waals surface area contributed by atoms with Crippen LogP contribution >= 0.6 is 46.4 Å². The fourth-order valence-corrected chi connectivity index (χ4v) is 6.85. The largest absolute Gasteiger partial charge is 0.444 e. The quantitative estimate of drug-likeness (QED) is 0.167. The molecule has 54 heavy (non-hydrogen) atoms. The number of hydrogen-bond acceptors (Lipinski definition) is 7. The lowest BCUT2D eigenvalue weighted by Gasteiger charge is -2.43. The van der Waals surface area contributed by atoms with Gasteiger partial charge < -0.3 is 36.2 Å². The molecule has 2 heterocycles. The van der Waals surface area contributed by atoms with Crippen molar-refractivity contribution in [2.45, 2.75) is 38.5 Å². The van der Waals surface area contributed by atoms with Gasteiger partial charge in [-0.25, -0.2) is 4.79 Å². The number of anilines is 2. The van der Waals surface area contributed by atoms with Crippen molar-refractivity contribution in [1.29, 1.82) is 0 Å². The molecular formula is C40H46Cl4N6O4. The van der Waals surface area contributed by atoms with Crippen LogP contribution in [0.2, 0.25) is 10.0 Å². The van der Waals surface area contributed by atoms with Gasteiger partial charge in [0.1, 0.15) is 5.60 Å². The van der Waals surface area contributed by atoms with Crippen LogP contribution in [0.4, 0.5) is 16.2 Å². The fraction of sp³-hybridized carbons (Fsp3) is 0.325. The van der Waals surface area contributed by atoms with Crippen molar-refractivity contribution >= 4 is 75.7 Å². The van der Waals surface area contributed by atoms with E-state index in [0.29, 0.717) is 40.8 Å². The molecule has 10 nitrogen and oxygen atoms in total. The molecule has 2 aliphatic heterocycles. The molecule has 4 aromatic rings. The van der Waals surface area contributed by atoms with Crippen molar-refractivity contribution in [3.8, 4) is 0 Å². The Hall–Kier alpha value is -4.19. The number of rotatable bonds is 6. The van der Waals surface area contributed by atoms with Crippen LogP contribution in [0.25, 0.3) is 0 Å². The van der Waals surface area contributed by atoms with E-state index in [4.69, 9.17) is 62.6 Å². The molecule has 2 atom stereocenters. The Bertz CT molecular complexity index is 1860. The molecule has 0 aliphatic carbocycles. The third-order valence-corrected chi connectivity index (χ3v) is 9.33. The van der Waals surface area contributed by atoms with E-state index in [1.165, 1.54) is 5.56 Å². The number of nitrogens with two attached hydrogens (primary N) is 2. The molecule has 4 aromatic carbocycles. The molecule has 14 heteroatoms. The highest BCUT2D eigenvalue weighted by atomic mass is 35.5. The van der Waals surface area contributed by atoms with Crippen LogP contribution in [0.5, 0.6) is 0 Å². The number of carbonyl (C=O) groups excluding carboxylic acids is 3. The average Bonchev–Trinajstić information content (AvgIpc) is 3.15. The summed E-state index contributed by atoms with van der Waals surface area (Å²) < 4.78 is 5.56. The maximum atomic E-state index is 12.6. The van der Waals surface area contributed by atoms with E-state index in [0.717, 1.165) is 36.6 Å². The van der Waals surface area contributed by atoms with Gasteiger partial charge >= 0.3 is 6.09 Å². The highest BCUT2D eigenvalue weighted by Crippen LogP contribution is 2.37. The summed E-state index contributed by atoms with van der Waals surface area (Å²) in [4.78, 5) is 41.5. The topological polar surface area (TPSA) is 134 Å². The normalized spacial score (nSPS) is 17.0. The van der Waals surface area contributed by atoms with E-state index < -0.39 is 17.4 Å². The SMILES string of the molecule is CC(C)(C)OC(=O)N1CCN(c2ccc(C(N)=O)cc2Cl)[C@H](c2ccccc2)C1.ClCCl.NC(=O)c1ccc(N2CCNC[C@H]2c2ccccc2)c(Cl)c1. The molecule has 2 aliphatic rings. The summed E-state index contributed by atoms with van der Waals surface area (Å²) in [6.45, 7) is 9.74. The minimum atomic E-state index is -0.551. The van der Waals surface area contributed by atoms with E-state index in [1.54, 1.807) is 29.2 Å². The van der Waals surface area contributed by atoms with Crippen LogP contribution in [-0.4, -0.2) is 73.0 Å². The zero-order valence-corrected chi connectivity index (χ0v) is 33.5. The summed E-state index contributed by atoms with van der Waals surface area (Å²) in [5.74, 6) is -0.985. The van der Waals surface area contributed by atoms with Crippen LogP contribution in [0.3, 0.4) is 0 Å². The third kappa shape index (κ3) is 11.7. The number of piperazine rings is 2. The number of carbonyl (C=O) groups is 3. The van der Waals surface area contributed by atoms with Crippen molar-refractivity contribution in [3.63, 3.8) is 0 Å². The second-order valence-corrected chi connectivity index (χ2v) is 15.2. The lowest BCUT2D eigenvalue weighted by Crippen LogP contribution is -2.51. The predicted octanol–water partition coefficient (Wildman–Crippen LogP) is 8.25. The monoisotopic (exact) mass is 814 g/mol. The van der Waals surface area contributed by atoms with Gasteiger partial charge in [0.25, 0.3) is 0 Å². The molecule has 0 radical (unpaired) electrons. The van der Waals surface area contributed by atoms with Gasteiger partial charge in [-0.1, -0.05) is 83.9 Å². The van der Waals surface area contributed by atoms with Crippen molar-refractivity contribution < 1.29 is 19.1 Å². The van der Waals surface area contributed by atoms with Crippen LogP contribution < -0.4 is 26.6 Å². The minimum absolute atomic E-state index is 0.102. The zero-order valence-electron chi connectivity index (χ0n) is 30.5. The molecule has 0 aromatic heterocycles. The molecule has 0 bridgehead atoms. The van der Waals surface area contributed by atoms with Crippen molar-refractivity contribution in [2.75, 3.05) is 54.4 Å². The maximum absolute atomic E-state index is 12.6. The molecule has 0 unspecified atom stereocenters. The van der Waals surface area contributed by atoms with Gasteiger partial charge in [0.15, 0.2) is 0 Å². The van der Waals surface area contributed by atoms with Gasteiger partial charge in [0.2, 0.25) is 11.8 Å².